The zero-order valence-electron chi connectivity index (χ0n) is 14.5. The van der Waals surface area contributed by atoms with Crippen LogP contribution in [0.2, 0.25) is 0 Å². The van der Waals surface area contributed by atoms with E-state index in [-0.39, 0.29) is 18.5 Å². The average Bonchev–Trinajstić information content (AvgIpc) is 3.09. The van der Waals surface area contributed by atoms with Crippen LogP contribution in [0.4, 0.5) is 0 Å². The van der Waals surface area contributed by atoms with Gasteiger partial charge in [0.1, 0.15) is 24.6 Å². The van der Waals surface area contributed by atoms with Crippen LogP contribution in [0.3, 0.4) is 0 Å². The van der Waals surface area contributed by atoms with E-state index in [1.165, 1.54) is 20.2 Å². The molecule has 9 nitrogen and oxygen atoms in total. The van der Waals surface area contributed by atoms with Crippen molar-refractivity contribution in [1.82, 2.24) is 19.5 Å². The van der Waals surface area contributed by atoms with Crippen LogP contribution in [0.15, 0.2) is 12.7 Å². The van der Waals surface area contributed by atoms with Gasteiger partial charge >= 0.3 is 11.9 Å². The maximum Gasteiger partial charge on any atom is 0.303 e. The SMILES string of the molecule is CC(=O)OCC1OC(n2cnc3c(C)ncnc32)C(OC(C)=O)C1C. The fourth-order valence-electron chi connectivity index (χ4n) is 2.98. The number of esters is 2. The molecule has 0 aromatic carbocycles. The lowest BCUT2D eigenvalue weighted by Crippen LogP contribution is -2.30. The summed E-state index contributed by atoms with van der Waals surface area (Å²) in [5, 5.41) is 0. The minimum absolute atomic E-state index is 0.0887. The smallest absolute Gasteiger partial charge is 0.303 e. The third kappa shape index (κ3) is 3.32. The van der Waals surface area contributed by atoms with E-state index in [1.807, 2.05) is 13.8 Å². The van der Waals surface area contributed by atoms with Crippen molar-refractivity contribution in [3.8, 4) is 0 Å². The second-order valence-corrected chi connectivity index (χ2v) is 6.08. The second-order valence-electron chi connectivity index (χ2n) is 6.08. The fraction of sp³-hybridized carbons (Fsp3) is 0.562. The Labute approximate surface area is 144 Å². The van der Waals surface area contributed by atoms with Crippen LogP contribution in [0.5, 0.6) is 0 Å². The van der Waals surface area contributed by atoms with E-state index in [0.29, 0.717) is 11.2 Å². The molecule has 4 unspecified atom stereocenters. The molecule has 25 heavy (non-hydrogen) atoms. The Morgan fingerprint density at radius 2 is 2.00 bits per heavy atom. The highest BCUT2D eigenvalue weighted by atomic mass is 16.6. The number of rotatable bonds is 4. The molecule has 1 aliphatic rings. The highest BCUT2D eigenvalue weighted by Gasteiger charge is 2.46. The fourth-order valence-corrected chi connectivity index (χ4v) is 2.98. The van der Waals surface area contributed by atoms with Crippen LogP contribution < -0.4 is 0 Å². The quantitative estimate of drug-likeness (QED) is 0.758. The molecule has 3 heterocycles. The first kappa shape index (κ1) is 17.3. The normalized spacial score (nSPS) is 25.9. The van der Waals surface area contributed by atoms with Crippen molar-refractivity contribution in [1.29, 1.82) is 0 Å². The topological polar surface area (TPSA) is 105 Å². The number of hydrogen-bond acceptors (Lipinski definition) is 8. The molecule has 1 saturated heterocycles. The summed E-state index contributed by atoms with van der Waals surface area (Å²) in [6, 6.07) is 0. The van der Waals surface area contributed by atoms with Gasteiger partial charge in [0.15, 0.2) is 18.0 Å². The summed E-state index contributed by atoms with van der Waals surface area (Å²) < 4.78 is 18.3. The first-order valence-electron chi connectivity index (χ1n) is 7.98. The third-order valence-electron chi connectivity index (χ3n) is 4.27. The van der Waals surface area contributed by atoms with Crippen LogP contribution in [-0.2, 0) is 23.8 Å². The van der Waals surface area contributed by atoms with E-state index in [9.17, 15) is 9.59 Å². The second kappa shape index (κ2) is 6.75. The Morgan fingerprint density at radius 3 is 2.68 bits per heavy atom. The van der Waals surface area contributed by atoms with Gasteiger partial charge in [-0.2, -0.15) is 0 Å². The zero-order chi connectivity index (χ0) is 18.1. The summed E-state index contributed by atoms with van der Waals surface area (Å²) in [4.78, 5) is 35.4. The molecule has 0 amide bonds. The van der Waals surface area contributed by atoms with Gasteiger partial charge in [0.25, 0.3) is 0 Å². The highest BCUT2D eigenvalue weighted by Crippen LogP contribution is 2.37. The van der Waals surface area contributed by atoms with Crippen molar-refractivity contribution < 1.29 is 23.8 Å². The van der Waals surface area contributed by atoms with E-state index in [4.69, 9.17) is 14.2 Å². The Morgan fingerprint density at radius 1 is 1.24 bits per heavy atom. The molecule has 0 bridgehead atoms. The average molecular weight is 348 g/mol. The number of carbonyl (C=O) groups excluding carboxylic acids is 2. The molecule has 3 rings (SSSR count). The number of aryl methyl sites for hydroxylation is 1. The third-order valence-corrected chi connectivity index (χ3v) is 4.27. The maximum absolute atomic E-state index is 11.5. The van der Waals surface area contributed by atoms with Crippen LogP contribution in [0.1, 0.15) is 32.7 Å². The maximum atomic E-state index is 11.5. The molecule has 1 aliphatic heterocycles. The molecule has 2 aromatic heterocycles. The van der Waals surface area contributed by atoms with Gasteiger partial charge in [-0.15, -0.1) is 0 Å². The molecule has 134 valence electrons. The van der Waals surface area contributed by atoms with E-state index < -0.39 is 24.4 Å². The largest absolute Gasteiger partial charge is 0.463 e. The van der Waals surface area contributed by atoms with Gasteiger partial charge < -0.3 is 14.2 Å². The van der Waals surface area contributed by atoms with Crippen LogP contribution in [0, 0.1) is 12.8 Å². The Hall–Kier alpha value is -2.55. The van der Waals surface area contributed by atoms with Crippen molar-refractivity contribution in [3.05, 3.63) is 18.3 Å². The van der Waals surface area contributed by atoms with E-state index in [2.05, 4.69) is 15.0 Å². The molecule has 1 fully saturated rings. The number of carbonyl (C=O) groups is 2. The molecule has 0 saturated carbocycles. The Balaban J connectivity index is 1.94. The van der Waals surface area contributed by atoms with Gasteiger partial charge in [0.2, 0.25) is 0 Å². The number of ether oxygens (including phenoxy) is 3. The molecular weight excluding hydrogens is 328 g/mol. The van der Waals surface area contributed by atoms with Crippen LogP contribution in [-0.4, -0.2) is 50.3 Å². The number of aromatic nitrogens is 4. The van der Waals surface area contributed by atoms with Crippen LogP contribution >= 0.6 is 0 Å². The number of imidazole rings is 1. The van der Waals surface area contributed by atoms with Gasteiger partial charge in [-0.25, -0.2) is 15.0 Å². The molecule has 0 spiro atoms. The lowest BCUT2D eigenvalue weighted by molar-refractivity contribution is -0.153. The van der Waals surface area contributed by atoms with Gasteiger partial charge in [0, 0.05) is 19.8 Å². The van der Waals surface area contributed by atoms with Gasteiger partial charge in [-0.3, -0.25) is 14.2 Å². The summed E-state index contributed by atoms with van der Waals surface area (Å²) in [7, 11) is 0. The lowest BCUT2D eigenvalue weighted by atomic mass is 10.0. The van der Waals surface area contributed by atoms with E-state index in [0.717, 1.165) is 5.69 Å². The van der Waals surface area contributed by atoms with Crippen molar-refractivity contribution in [2.24, 2.45) is 5.92 Å². The molecule has 4 atom stereocenters. The summed E-state index contributed by atoms with van der Waals surface area (Å²) in [6.45, 7) is 6.50. The molecule has 9 heteroatoms. The first-order chi connectivity index (χ1) is 11.9. The summed E-state index contributed by atoms with van der Waals surface area (Å²) in [6.07, 6.45) is 1.47. The predicted molar refractivity (Wildman–Crippen MR) is 85.3 cm³/mol. The number of fused-ring (bicyclic) bond motifs is 1. The van der Waals surface area contributed by atoms with Crippen LogP contribution in [0.25, 0.3) is 11.2 Å². The van der Waals surface area contributed by atoms with Crippen molar-refractivity contribution in [2.75, 3.05) is 6.61 Å². The summed E-state index contributed by atoms with van der Waals surface area (Å²) in [5.74, 6) is -0.970. The summed E-state index contributed by atoms with van der Waals surface area (Å²) in [5.41, 5.74) is 1.99. The molecule has 0 radical (unpaired) electrons. The van der Waals surface area contributed by atoms with Crippen molar-refractivity contribution in [3.63, 3.8) is 0 Å². The monoisotopic (exact) mass is 348 g/mol. The van der Waals surface area contributed by atoms with E-state index >= 15 is 0 Å². The number of nitrogens with zero attached hydrogens (tertiary/aromatic N) is 4. The zero-order valence-corrected chi connectivity index (χ0v) is 14.5. The van der Waals surface area contributed by atoms with Crippen molar-refractivity contribution >= 4 is 23.1 Å². The molecule has 2 aromatic rings. The van der Waals surface area contributed by atoms with E-state index in [1.54, 1.807) is 10.9 Å². The first-order valence-corrected chi connectivity index (χ1v) is 7.98. The Kier molecular flexibility index (Phi) is 4.67. The van der Waals surface area contributed by atoms with Gasteiger partial charge in [-0.1, -0.05) is 6.92 Å². The standard InChI is InChI=1S/C16H20N4O5/c1-8-12(5-23-10(3)21)25-16(14(8)24-11(4)22)20-7-19-13-9(2)17-6-18-15(13)20/h6-8,12,14,16H,5H2,1-4H3. The predicted octanol–water partition coefficient (Wildman–Crippen LogP) is 1.16. The molecular formula is C16H20N4O5. The minimum atomic E-state index is -0.612. The molecule has 0 aliphatic carbocycles. The highest BCUT2D eigenvalue weighted by molar-refractivity contribution is 5.73. The minimum Gasteiger partial charge on any atom is -0.463 e. The molecule has 0 N–H and O–H groups in total. The van der Waals surface area contributed by atoms with Gasteiger partial charge in [-0.05, 0) is 6.92 Å². The van der Waals surface area contributed by atoms with Crippen molar-refractivity contribution in [2.45, 2.75) is 46.1 Å². The number of hydrogen-bond donors (Lipinski definition) is 0. The summed E-state index contributed by atoms with van der Waals surface area (Å²) >= 11 is 0. The lowest BCUT2D eigenvalue weighted by Gasteiger charge is -2.21. The van der Waals surface area contributed by atoms with Gasteiger partial charge in [0.05, 0.1) is 12.0 Å². The Bertz CT molecular complexity index is 805.